The highest BCUT2D eigenvalue weighted by molar-refractivity contribution is 5.98. The van der Waals surface area contributed by atoms with Gasteiger partial charge in [-0.05, 0) is 12.1 Å². The third-order valence-corrected chi connectivity index (χ3v) is 1.57. The number of nitrogens with one attached hydrogen (secondary N) is 1. The van der Waals surface area contributed by atoms with Crippen LogP contribution in [0.15, 0.2) is 24.3 Å². The lowest BCUT2D eigenvalue weighted by Crippen LogP contribution is -2.06. The topological polar surface area (TPSA) is 55.4 Å². The Morgan fingerprint density at radius 1 is 1.46 bits per heavy atom. The van der Waals surface area contributed by atoms with Gasteiger partial charge in [0.1, 0.15) is 0 Å². The van der Waals surface area contributed by atoms with Crippen molar-refractivity contribution in [2.24, 2.45) is 0 Å². The quantitative estimate of drug-likeness (QED) is 0.428. The lowest BCUT2D eigenvalue weighted by Gasteiger charge is -2.04. The highest BCUT2D eigenvalue weighted by Gasteiger charge is 2.10. The van der Waals surface area contributed by atoms with E-state index in [0.29, 0.717) is 11.3 Å². The fraction of sp³-hybridized carbons (Fsp3) is 0.111. The SMILES string of the molecule is CNc1ccccc1C(=O)OC=O. The summed E-state index contributed by atoms with van der Waals surface area (Å²) in [6, 6.07) is 6.78. The number of esters is 1. The Labute approximate surface area is 75.5 Å². The highest BCUT2D eigenvalue weighted by Crippen LogP contribution is 2.14. The third kappa shape index (κ3) is 2.05. The molecule has 68 valence electrons. The van der Waals surface area contributed by atoms with E-state index in [1.54, 1.807) is 31.3 Å². The monoisotopic (exact) mass is 179 g/mol. The van der Waals surface area contributed by atoms with Crippen LogP contribution in [0.2, 0.25) is 0 Å². The summed E-state index contributed by atoms with van der Waals surface area (Å²) in [5.74, 6) is -0.653. The first-order valence-corrected chi connectivity index (χ1v) is 3.71. The molecule has 4 heteroatoms. The number of hydrogen-bond donors (Lipinski definition) is 1. The number of carbonyl (C=O) groups is 2. The average Bonchev–Trinajstić information content (AvgIpc) is 2.18. The summed E-state index contributed by atoms with van der Waals surface area (Å²) >= 11 is 0. The number of rotatable bonds is 3. The number of anilines is 1. The van der Waals surface area contributed by atoms with E-state index >= 15 is 0 Å². The maximum absolute atomic E-state index is 11.1. The molecule has 0 saturated heterocycles. The molecule has 0 aliphatic rings. The van der Waals surface area contributed by atoms with Crippen molar-refractivity contribution in [3.05, 3.63) is 29.8 Å². The molecule has 0 unspecified atom stereocenters. The molecule has 0 atom stereocenters. The molecular formula is C9H9NO3. The molecule has 1 aromatic rings. The first-order valence-electron chi connectivity index (χ1n) is 3.71. The Hall–Kier alpha value is -1.84. The highest BCUT2D eigenvalue weighted by atomic mass is 16.6. The Bertz CT molecular complexity index is 322. The molecule has 0 fully saturated rings. The van der Waals surface area contributed by atoms with Crippen molar-refractivity contribution in [1.29, 1.82) is 0 Å². The molecule has 0 saturated carbocycles. The molecular weight excluding hydrogens is 170 g/mol. The van der Waals surface area contributed by atoms with Gasteiger partial charge in [0.15, 0.2) is 0 Å². The van der Waals surface area contributed by atoms with Gasteiger partial charge in [-0.1, -0.05) is 12.1 Å². The van der Waals surface area contributed by atoms with Crippen LogP contribution in [0.1, 0.15) is 10.4 Å². The van der Waals surface area contributed by atoms with Gasteiger partial charge in [-0.2, -0.15) is 0 Å². The summed E-state index contributed by atoms with van der Waals surface area (Å²) in [4.78, 5) is 21.1. The van der Waals surface area contributed by atoms with E-state index in [1.165, 1.54) is 0 Å². The van der Waals surface area contributed by atoms with Gasteiger partial charge in [0, 0.05) is 12.7 Å². The van der Waals surface area contributed by atoms with Gasteiger partial charge in [0.25, 0.3) is 0 Å². The minimum absolute atomic E-state index is 0.120. The maximum atomic E-state index is 11.1. The number of para-hydroxylation sites is 1. The van der Waals surface area contributed by atoms with E-state index in [2.05, 4.69) is 10.1 Å². The zero-order chi connectivity index (χ0) is 9.68. The Morgan fingerprint density at radius 3 is 2.77 bits per heavy atom. The van der Waals surface area contributed by atoms with Gasteiger partial charge < -0.3 is 10.1 Å². The van der Waals surface area contributed by atoms with Crippen molar-refractivity contribution in [3.8, 4) is 0 Å². The summed E-state index contributed by atoms with van der Waals surface area (Å²) in [6.45, 7) is 0.120. The summed E-state index contributed by atoms with van der Waals surface area (Å²) in [5.41, 5.74) is 0.978. The first kappa shape index (κ1) is 9.25. The van der Waals surface area contributed by atoms with E-state index in [-0.39, 0.29) is 6.47 Å². The molecule has 1 N–H and O–H groups in total. The van der Waals surface area contributed by atoms with Gasteiger partial charge in [-0.3, -0.25) is 4.79 Å². The fourth-order valence-corrected chi connectivity index (χ4v) is 0.986. The summed E-state index contributed by atoms with van der Waals surface area (Å²) < 4.78 is 4.21. The van der Waals surface area contributed by atoms with Crippen molar-refractivity contribution in [2.45, 2.75) is 0 Å². The van der Waals surface area contributed by atoms with Crippen LogP contribution < -0.4 is 5.32 Å². The zero-order valence-corrected chi connectivity index (χ0v) is 7.11. The number of benzene rings is 1. The molecule has 0 spiro atoms. The van der Waals surface area contributed by atoms with Crippen molar-refractivity contribution in [1.82, 2.24) is 0 Å². The molecule has 1 aromatic carbocycles. The molecule has 13 heavy (non-hydrogen) atoms. The van der Waals surface area contributed by atoms with Crippen LogP contribution in [0.4, 0.5) is 5.69 Å². The normalized spacial score (nSPS) is 9.00. The molecule has 0 bridgehead atoms. The van der Waals surface area contributed by atoms with E-state index in [9.17, 15) is 9.59 Å². The van der Waals surface area contributed by atoms with E-state index in [4.69, 9.17) is 0 Å². The van der Waals surface area contributed by atoms with Crippen LogP contribution in [0.5, 0.6) is 0 Å². The second kappa shape index (κ2) is 4.25. The van der Waals surface area contributed by atoms with Gasteiger partial charge in [-0.25, -0.2) is 4.79 Å². The minimum atomic E-state index is -0.653. The molecule has 0 radical (unpaired) electrons. The van der Waals surface area contributed by atoms with Crippen LogP contribution in [-0.2, 0) is 9.53 Å². The molecule has 1 rings (SSSR count). The van der Waals surface area contributed by atoms with Gasteiger partial charge in [-0.15, -0.1) is 0 Å². The average molecular weight is 179 g/mol. The van der Waals surface area contributed by atoms with Gasteiger partial charge >= 0.3 is 12.4 Å². The lowest BCUT2D eigenvalue weighted by molar-refractivity contribution is -0.123. The standard InChI is InChI=1S/C9H9NO3/c1-10-8-5-3-2-4-7(8)9(12)13-6-11/h2-6,10H,1H3. The molecule has 0 heterocycles. The summed E-state index contributed by atoms with van der Waals surface area (Å²) in [6.07, 6.45) is 0. The van der Waals surface area contributed by atoms with Crippen molar-refractivity contribution < 1.29 is 14.3 Å². The van der Waals surface area contributed by atoms with Crippen LogP contribution in [0.25, 0.3) is 0 Å². The maximum Gasteiger partial charge on any atom is 0.347 e. The van der Waals surface area contributed by atoms with Crippen LogP contribution in [-0.4, -0.2) is 19.5 Å². The van der Waals surface area contributed by atoms with Crippen molar-refractivity contribution >= 4 is 18.1 Å². The van der Waals surface area contributed by atoms with E-state index < -0.39 is 5.97 Å². The lowest BCUT2D eigenvalue weighted by atomic mass is 10.2. The zero-order valence-electron chi connectivity index (χ0n) is 7.11. The molecule has 4 nitrogen and oxygen atoms in total. The number of hydrogen-bond acceptors (Lipinski definition) is 4. The largest absolute Gasteiger partial charge is 0.392 e. The summed E-state index contributed by atoms with van der Waals surface area (Å²) in [5, 5.41) is 2.82. The molecule has 0 aromatic heterocycles. The van der Waals surface area contributed by atoms with Crippen molar-refractivity contribution in [3.63, 3.8) is 0 Å². The second-order valence-corrected chi connectivity index (χ2v) is 2.30. The Morgan fingerprint density at radius 2 is 2.15 bits per heavy atom. The molecule has 0 aliphatic heterocycles. The summed E-state index contributed by atoms with van der Waals surface area (Å²) in [7, 11) is 1.69. The Balaban J connectivity index is 2.98. The number of carbonyl (C=O) groups excluding carboxylic acids is 2. The minimum Gasteiger partial charge on any atom is -0.392 e. The fourth-order valence-electron chi connectivity index (χ4n) is 0.986. The Kier molecular flexibility index (Phi) is 3.03. The third-order valence-electron chi connectivity index (χ3n) is 1.57. The van der Waals surface area contributed by atoms with E-state index in [0.717, 1.165) is 0 Å². The molecule has 0 aliphatic carbocycles. The van der Waals surface area contributed by atoms with Crippen molar-refractivity contribution in [2.75, 3.05) is 12.4 Å². The first-order chi connectivity index (χ1) is 6.29. The second-order valence-electron chi connectivity index (χ2n) is 2.30. The van der Waals surface area contributed by atoms with Crippen LogP contribution >= 0.6 is 0 Å². The predicted molar refractivity (Wildman–Crippen MR) is 47.5 cm³/mol. The van der Waals surface area contributed by atoms with Gasteiger partial charge in [0.2, 0.25) is 0 Å². The van der Waals surface area contributed by atoms with Crippen LogP contribution in [0, 0.1) is 0 Å². The van der Waals surface area contributed by atoms with Gasteiger partial charge in [0.05, 0.1) is 5.56 Å². The molecule has 0 amide bonds. The van der Waals surface area contributed by atoms with E-state index in [1.807, 2.05) is 0 Å². The smallest absolute Gasteiger partial charge is 0.347 e. The van der Waals surface area contributed by atoms with Crippen LogP contribution in [0.3, 0.4) is 0 Å². The number of ether oxygens (including phenoxy) is 1. The predicted octanol–water partition coefficient (Wildman–Crippen LogP) is 1.04.